The third kappa shape index (κ3) is 7.49. The van der Waals surface area contributed by atoms with Gasteiger partial charge in [0.1, 0.15) is 12.4 Å². The van der Waals surface area contributed by atoms with Crippen molar-refractivity contribution in [1.29, 1.82) is 0 Å². The number of imidazole rings is 1. The summed E-state index contributed by atoms with van der Waals surface area (Å²) in [5.74, 6) is 1.28. The van der Waals surface area contributed by atoms with Crippen LogP contribution in [-0.2, 0) is 33.3 Å². The first kappa shape index (κ1) is 26.9. The monoisotopic (exact) mass is 499 g/mol. The molecule has 0 aliphatic heterocycles. The standard InChI is InChI=1S/C12H19N4.C2F6NO4S2/c1-3-4-7-14-9-10-15(12(14)2)11-16-8-5-6-13-16;3-1(4,5)14(10,11)9-15(12,13)2(6,7)8/h5-6,8-10H,3-4,7,11H2,1-2H3;/q+1;-1. The first-order valence-electron chi connectivity index (χ1n) is 8.41. The predicted molar refractivity (Wildman–Crippen MR) is 95.2 cm³/mol. The van der Waals surface area contributed by atoms with E-state index in [1.54, 1.807) is 0 Å². The number of unbranched alkanes of at least 4 members (excludes halogenated alkanes) is 1. The van der Waals surface area contributed by atoms with Gasteiger partial charge in [0, 0.05) is 19.3 Å². The summed E-state index contributed by atoms with van der Waals surface area (Å²) in [5, 5.41) is 4.21. The van der Waals surface area contributed by atoms with Crippen LogP contribution in [0.25, 0.3) is 4.13 Å². The lowest BCUT2D eigenvalue weighted by Gasteiger charge is -2.22. The number of hydrogen-bond donors (Lipinski definition) is 0. The van der Waals surface area contributed by atoms with E-state index >= 15 is 0 Å². The highest BCUT2D eigenvalue weighted by Crippen LogP contribution is 2.36. The van der Waals surface area contributed by atoms with E-state index in [4.69, 9.17) is 0 Å². The average molecular weight is 499 g/mol. The second-order valence-corrected chi connectivity index (χ2v) is 9.39. The Morgan fingerprint density at radius 2 is 1.58 bits per heavy atom. The van der Waals surface area contributed by atoms with E-state index in [0.717, 1.165) is 17.3 Å². The van der Waals surface area contributed by atoms with Gasteiger partial charge in [0.05, 0.1) is 6.54 Å². The quantitative estimate of drug-likeness (QED) is 0.430. The molecule has 0 saturated heterocycles. The minimum absolute atomic E-state index is 0.778. The molecule has 0 spiro atoms. The van der Waals surface area contributed by atoms with Crippen molar-refractivity contribution in [2.75, 3.05) is 0 Å². The Balaban J connectivity index is 0.000000311. The summed E-state index contributed by atoms with van der Waals surface area (Å²) >= 11 is 0. The Morgan fingerprint density at radius 1 is 1.03 bits per heavy atom. The largest absolute Gasteiger partial charge is 0.480 e. The van der Waals surface area contributed by atoms with Gasteiger partial charge in [-0.3, -0.25) is 0 Å². The van der Waals surface area contributed by atoms with Crippen molar-refractivity contribution in [3.63, 3.8) is 0 Å². The minimum atomic E-state index is -6.72. The maximum atomic E-state index is 11.4. The molecule has 2 rings (SSSR count). The molecule has 0 fully saturated rings. The van der Waals surface area contributed by atoms with Crippen molar-refractivity contribution in [3.05, 3.63) is 40.8 Å². The maximum Gasteiger partial charge on any atom is 0.480 e. The summed E-state index contributed by atoms with van der Waals surface area (Å²) in [6.45, 7) is 6.27. The molecule has 2 aromatic heterocycles. The van der Waals surface area contributed by atoms with Crippen molar-refractivity contribution < 1.29 is 47.7 Å². The normalized spacial score (nSPS) is 13.0. The van der Waals surface area contributed by atoms with Crippen LogP contribution in [0.1, 0.15) is 25.6 Å². The smallest absolute Gasteiger partial charge is 0.421 e. The molecule has 0 bridgehead atoms. The molecule has 2 aromatic rings. The summed E-state index contributed by atoms with van der Waals surface area (Å²) in [6, 6.07) is 1.95. The van der Waals surface area contributed by atoms with E-state index in [1.807, 2.05) is 23.1 Å². The van der Waals surface area contributed by atoms with Crippen LogP contribution < -0.4 is 4.57 Å². The fourth-order valence-corrected chi connectivity index (χ4v) is 3.72. The van der Waals surface area contributed by atoms with Crippen LogP contribution in [0.4, 0.5) is 26.3 Å². The number of sulfonamides is 2. The highest BCUT2D eigenvalue weighted by atomic mass is 32.3. The lowest BCUT2D eigenvalue weighted by Crippen LogP contribution is -2.39. The Labute approximate surface area is 174 Å². The van der Waals surface area contributed by atoms with E-state index in [1.165, 1.54) is 18.7 Å². The van der Waals surface area contributed by atoms with Gasteiger partial charge in [0.2, 0.25) is 0 Å². The molecule has 0 unspecified atom stereocenters. The third-order valence-electron chi connectivity index (χ3n) is 3.65. The van der Waals surface area contributed by atoms with E-state index in [0.29, 0.717) is 0 Å². The number of nitrogens with zero attached hydrogens (tertiary/aromatic N) is 5. The fourth-order valence-electron chi connectivity index (χ4n) is 2.01. The molecular weight excluding hydrogens is 480 g/mol. The highest BCUT2D eigenvalue weighted by molar-refractivity contribution is 8.13. The van der Waals surface area contributed by atoms with Crippen molar-refractivity contribution >= 4 is 20.0 Å². The van der Waals surface area contributed by atoms with Crippen LogP contribution in [0.3, 0.4) is 0 Å². The van der Waals surface area contributed by atoms with Crippen molar-refractivity contribution in [3.8, 4) is 0 Å². The molecule has 0 aromatic carbocycles. The third-order valence-corrected chi connectivity index (χ3v) is 6.39. The number of aryl methyl sites for hydroxylation is 1. The molecule has 0 atom stereocenters. The summed E-state index contributed by atoms with van der Waals surface area (Å²) in [4.78, 5) is 0. The molecule has 2 heterocycles. The van der Waals surface area contributed by atoms with Crippen molar-refractivity contribution in [2.24, 2.45) is 0 Å². The van der Waals surface area contributed by atoms with Gasteiger partial charge >= 0.3 is 11.0 Å². The lowest BCUT2D eigenvalue weighted by molar-refractivity contribution is -0.708. The molecule has 0 saturated carbocycles. The van der Waals surface area contributed by atoms with Gasteiger partial charge < -0.3 is 4.13 Å². The summed E-state index contributed by atoms with van der Waals surface area (Å²) < 4.78 is 116. The topological polar surface area (TPSA) is 109 Å². The van der Waals surface area contributed by atoms with Gasteiger partial charge in [-0.25, -0.2) is 30.7 Å². The van der Waals surface area contributed by atoms with Crippen molar-refractivity contribution in [2.45, 2.75) is 50.9 Å². The molecule has 0 amide bonds. The SMILES string of the molecule is CCCCn1cc[n+](Cn2cccn2)c1C.O=S(=O)([N-]S(=O)(=O)C(F)(F)F)C(F)(F)F. The van der Waals surface area contributed by atoms with E-state index < -0.39 is 31.1 Å². The number of halogens is 6. The second kappa shape index (κ2) is 9.99. The molecule has 17 heteroatoms. The Hall–Kier alpha value is -2.14. The van der Waals surface area contributed by atoms with E-state index in [2.05, 4.69) is 40.5 Å². The fraction of sp³-hybridized carbons (Fsp3) is 0.571. The van der Waals surface area contributed by atoms with Gasteiger partial charge in [-0.2, -0.15) is 31.4 Å². The summed E-state index contributed by atoms with van der Waals surface area (Å²) in [7, 11) is -13.4. The minimum Gasteiger partial charge on any atom is -0.421 e. The van der Waals surface area contributed by atoms with Crippen LogP contribution >= 0.6 is 0 Å². The molecule has 178 valence electrons. The van der Waals surface area contributed by atoms with Crippen LogP contribution in [-0.4, -0.2) is 42.2 Å². The molecular formula is C14H19F6N5O4S2. The highest BCUT2D eigenvalue weighted by Gasteiger charge is 2.46. The molecule has 0 aliphatic carbocycles. The zero-order valence-electron chi connectivity index (χ0n) is 16.2. The molecule has 9 nitrogen and oxygen atoms in total. The van der Waals surface area contributed by atoms with Crippen LogP contribution in [0.5, 0.6) is 0 Å². The van der Waals surface area contributed by atoms with Crippen LogP contribution in [0, 0.1) is 6.92 Å². The maximum absolute atomic E-state index is 11.4. The molecule has 0 aliphatic rings. The summed E-state index contributed by atoms with van der Waals surface area (Å²) in [6.07, 6.45) is 10.5. The predicted octanol–water partition coefficient (Wildman–Crippen LogP) is 2.65. The lowest BCUT2D eigenvalue weighted by atomic mass is 10.3. The van der Waals surface area contributed by atoms with Gasteiger partial charge in [0.25, 0.3) is 5.82 Å². The van der Waals surface area contributed by atoms with Gasteiger partial charge in [-0.1, -0.05) is 13.3 Å². The molecule has 31 heavy (non-hydrogen) atoms. The van der Waals surface area contributed by atoms with Gasteiger partial charge in [-0.15, -0.1) is 0 Å². The Morgan fingerprint density at radius 3 is 2.00 bits per heavy atom. The number of rotatable bonds is 7. The molecule has 0 N–H and O–H groups in total. The van der Waals surface area contributed by atoms with Gasteiger partial charge in [0.15, 0.2) is 26.7 Å². The van der Waals surface area contributed by atoms with Gasteiger partial charge in [-0.05, 0) is 12.5 Å². The summed E-state index contributed by atoms with van der Waals surface area (Å²) in [5.41, 5.74) is -12.4. The zero-order chi connectivity index (χ0) is 24.1. The van der Waals surface area contributed by atoms with E-state index in [9.17, 15) is 43.2 Å². The number of alkyl halides is 6. The van der Waals surface area contributed by atoms with Crippen LogP contribution in [0.2, 0.25) is 0 Å². The second-order valence-electron chi connectivity index (χ2n) is 5.97. The zero-order valence-corrected chi connectivity index (χ0v) is 17.8. The van der Waals surface area contributed by atoms with E-state index in [-0.39, 0.29) is 0 Å². The Kier molecular flexibility index (Phi) is 8.67. The van der Waals surface area contributed by atoms with Crippen molar-refractivity contribution in [1.82, 2.24) is 14.3 Å². The number of aromatic nitrogens is 4. The first-order valence-corrected chi connectivity index (χ1v) is 11.3. The first-order chi connectivity index (χ1) is 14.0. The average Bonchev–Trinajstić information content (AvgIpc) is 3.22. The van der Waals surface area contributed by atoms with Crippen LogP contribution in [0.15, 0.2) is 30.9 Å². The number of hydrogen-bond acceptors (Lipinski definition) is 5. The molecule has 0 radical (unpaired) electrons. The Bertz CT molecular complexity index is 1000.